The van der Waals surface area contributed by atoms with E-state index in [9.17, 15) is 20.0 Å². The highest BCUT2D eigenvalue weighted by Crippen LogP contribution is 2.45. The Morgan fingerprint density at radius 1 is 0.894 bits per heavy atom. The van der Waals surface area contributed by atoms with Gasteiger partial charge >= 0.3 is 11.7 Å². The normalized spacial score (nSPS) is 14.6. The number of methoxy groups -OCH3 is 5. The van der Waals surface area contributed by atoms with Crippen LogP contribution in [0.15, 0.2) is 66.7 Å². The van der Waals surface area contributed by atoms with Crippen molar-refractivity contribution in [3.05, 3.63) is 105 Å². The molecular weight excluding hydrogens is 606 g/mol. The van der Waals surface area contributed by atoms with E-state index in [1.807, 2.05) is 69.3 Å². The summed E-state index contributed by atoms with van der Waals surface area (Å²) < 4.78 is 34.0. The van der Waals surface area contributed by atoms with Crippen molar-refractivity contribution < 1.29 is 43.2 Å². The van der Waals surface area contributed by atoms with Crippen LogP contribution in [-0.4, -0.2) is 63.8 Å². The molecule has 11 heteroatoms. The Morgan fingerprint density at radius 3 is 1.96 bits per heavy atom. The van der Waals surface area contributed by atoms with E-state index in [0.717, 1.165) is 16.7 Å². The maximum Gasteiger partial charge on any atom is 0.330 e. The van der Waals surface area contributed by atoms with Gasteiger partial charge in [-0.2, -0.15) is 0 Å². The Bertz CT molecular complexity index is 1500. The molecule has 0 aliphatic carbocycles. The predicted octanol–water partition coefficient (Wildman–Crippen LogP) is 6.41. The molecule has 0 radical (unpaired) electrons. The van der Waals surface area contributed by atoms with E-state index in [2.05, 4.69) is 0 Å². The van der Waals surface area contributed by atoms with Gasteiger partial charge in [0.2, 0.25) is 5.75 Å². The lowest BCUT2D eigenvalue weighted by Crippen LogP contribution is -2.34. The van der Waals surface area contributed by atoms with Gasteiger partial charge in [0.15, 0.2) is 11.5 Å². The summed E-state index contributed by atoms with van der Waals surface area (Å²) in [5.41, 5.74) is 3.73. The minimum absolute atomic E-state index is 0.0764. The van der Waals surface area contributed by atoms with Gasteiger partial charge in [-0.1, -0.05) is 66.6 Å². The highest BCUT2D eigenvalue weighted by Gasteiger charge is 2.33. The van der Waals surface area contributed by atoms with E-state index in [1.54, 1.807) is 6.08 Å². The molecule has 0 fully saturated rings. The maximum atomic E-state index is 12.2. The summed E-state index contributed by atoms with van der Waals surface area (Å²) in [6.45, 7) is 5.90. The molecule has 47 heavy (non-hydrogen) atoms. The molecule has 0 heterocycles. The average Bonchev–Trinajstić information content (AvgIpc) is 3.07. The number of hydrogen-bond acceptors (Lipinski definition) is 10. The van der Waals surface area contributed by atoms with Gasteiger partial charge in [-0.15, -0.1) is 0 Å². The van der Waals surface area contributed by atoms with Gasteiger partial charge in [-0.25, -0.2) is 4.79 Å². The molecule has 0 bridgehead atoms. The van der Waals surface area contributed by atoms with Crippen molar-refractivity contribution in [2.24, 2.45) is 5.92 Å². The first-order valence-corrected chi connectivity index (χ1v) is 15.2. The van der Waals surface area contributed by atoms with E-state index >= 15 is 0 Å². The van der Waals surface area contributed by atoms with Crippen molar-refractivity contribution in [1.82, 2.24) is 0 Å². The van der Waals surface area contributed by atoms with Crippen LogP contribution >= 0.6 is 0 Å². The second-order valence-electron chi connectivity index (χ2n) is 11.4. The number of hydrogen-bond donors (Lipinski definition) is 1. The number of nitro benzene ring substituents is 1. The SMILES string of the molecule is COC(=O)/C=C/[C@@H](O[C@@H](c1ccc(C)cc1)[C@@H](O)c1ccc(C)cc1)[C@H](C[C@H](C)Cc1c(OC)c(OC)cc([N+](=O)[O-])c1OC)OC. The van der Waals surface area contributed by atoms with E-state index in [1.165, 1.54) is 47.7 Å². The molecule has 0 saturated carbocycles. The molecule has 5 atom stereocenters. The largest absolute Gasteiger partial charge is 0.493 e. The number of nitrogens with zero attached hydrogens (tertiary/aromatic N) is 1. The number of nitro groups is 1. The van der Waals surface area contributed by atoms with Crippen LogP contribution in [0.4, 0.5) is 5.69 Å². The zero-order valence-corrected chi connectivity index (χ0v) is 28.2. The summed E-state index contributed by atoms with van der Waals surface area (Å²) in [7, 11) is 7.05. The quantitative estimate of drug-likeness (QED) is 0.0755. The van der Waals surface area contributed by atoms with Crippen LogP contribution in [0, 0.1) is 29.9 Å². The molecule has 0 saturated heterocycles. The summed E-state index contributed by atoms with van der Waals surface area (Å²) in [4.78, 5) is 23.6. The second-order valence-corrected chi connectivity index (χ2v) is 11.4. The third-order valence-corrected chi connectivity index (χ3v) is 7.99. The smallest absolute Gasteiger partial charge is 0.330 e. The number of aliphatic hydroxyl groups excluding tert-OH is 1. The minimum Gasteiger partial charge on any atom is -0.493 e. The highest BCUT2D eigenvalue weighted by molar-refractivity contribution is 5.81. The number of benzene rings is 3. The van der Waals surface area contributed by atoms with Crippen LogP contribution in [0.2, 0.25) is 0 Å². The highest BCUT2D eigenvalue weighted by atomic mass is 16.6. The summed E-state index contributed by atoms with van der Waals surface area (Å²) in [6.07, 6.45) is 0.179. The number of esters is 1. The molecule has 11 nitrogen and oxygen atoms in total. The van der Waals surface area contributed by atoms with Gasteiger partial charge in [-0.3, -0.25) is 10.1 Å². The molecule has 254 valence electrons. The van der Waals surface area contributed by atoms with Crippen LogP contribution in [0.1, 0.15) is 53.4 Å². The van der Waals surface area contributed by atoms with E-state index in [4.69, 9.17) is 28.4 Å². The summed E-state index contributed by atoms with van der Waals surface area (Å²) in [5, 5.41) is 23.5. The molecular formula is C36H45NO10. The third-order valence-electron chi connectivity index (χ3n) is 7.99. The molecule has 0 spiro atoms. The van der Waals surface area contributed by atoms with Crippen molar-refractivity contribution in [1.29, 1.82) is 0 Å². The number of ether oxygens (including phenoxy) is 6. The van der Waals surface area contributed by atoms with Crippen molar-refractivity contribution in [3.63, 3.8) is 0 Å². The fourth-order valence-electron chi connectivity index (χ4n) is 5.48. The molecule has 0 aromatic heterocycles. The lowest BCUT2D eigenvalue weighted by molar-refractivity contribution is -0.385. The van der Waals surface area contributed by atoms with Crippen molar-refractivity contribution in [2.75, 3.05) is 35.5 Å². The third kappa shape index (κ3) is 9.54. The maximum absolute atomic E-state index is 12.2. The Kier molecular flexibility index (Phi) is 13.8. The Balaban J connectivity index is 2.02. The molecule has 0 aliphatic heterocycles. The first kappa shape index (κ1) is 37.0. The lowest BCUT2D eigenvalue weighted by Gasteiger charge is -2.32. The van der Waals surface area contributed by atoms with Crippen molar-refractivity contribution in [2.45, 2.75) is 58.0 Å². The summed E-state index contributed by atoms with van der Waals surface area (Å²) in [6, 6.07) is 16.5. The number of carbonyl (C=O) groups excluding carboxylic acids is 1. The number of aryl methyl sites for hydroxylation is 2. The second kappa shape index (κ2) is 17.5. The summed E-state index contributed by atoms with van der Waals surface area (Å²) in [5.74, 6) is -0.140. The number of aliphatic hydroxyl groups is 1. The molecule has 0 unspecified atom stereocenters. The van der Waals surface area contributed by atoms with Crippen molar-refractivity contribution >= 4 is 11.7 Å². The van der Waals surface area contributed by atoms with Crippen LogP contribution in [-0.2, 0) is 25.4 Å². The molecule has 3 aromatic rings. The summed E-state index contributed by atoms with van der Waals surface area (Å²) >= 11 is 0. The minimum atomic E-state index is -1.05. The van der Waals surface area contributed by atoms with E-state index < -0.39 is 35.3 Å². The first-order chi connectivity index (χ1) is 22.5. The zero-order chi connectivity index (χ0) is 34.7. The van der Waals surface area contributed by atoms with Gasteiger partial charge in [0.1, 0.15) is 18.3 Å². The molecule has 3 rings (SSSR count). The average molecular weight is 652 g/mol. The van der Waals surface area contributed by atoms with Gasteiger partial charge in [0, 0.05) is 18.7 Å². The monoisotopic (exact) mass is 651 g/mol. The van der Waals surface area contributed by atoms with Gasteiger partial charge in [0.05, 0.1) is 45.5 Å². The lowest BCUT2D eigenvalue weighted by atomic mass is 9.91. The van der Waals surface area contributed by atoms with Gasteiger partial charge in [0.25, 0.3) is 0 Å². The number of carbonyl (C=O) groups is 1. The number of rotatable bonds is 17. The Labute approximate surface area is 276 Å². The fourth-order valence-corrected chi connectivity index (χ4v) is 5.48. The molecule has 1 N–H and O–H groups in total. The molecule has 0 aliphatic rings. The van der Waals surface area contributed by atoms with Crippen LogP contribution < -0.4 is 14.2 Å². The van der Waals surface area contributed by atoms with E-state index in [-0.39, 0.29) is 23.1 Å². The topological polar surface area (TPSA) is 136 Å². The van der Waals surface area contributed by atoms with E-state index in [0.29, 0.717) is 29.7 Å². The Hall–Kier alpha value is -4.45. The van der Waals surface area contributed by atoms with Gasteiger partial charge < -0.3 is 33.5 Å². The molecule has 0 amide bonds. The zero-order valence-electron chi connectivity index (χ0n) is 28.2. The standard InChI is InChI=1S/C36H45NO10/c1-22-9-13-25(14-10-22)33(39)34(26-15-11-23(2)12-16-26)47-29(17-18-32(38)44-6)30(42-4)20-24(3)19-27-35(45-7)28(37(40)41)21-31(43-5)36(27)46-8/h9-18,21,24,29-30,33-34,39H,19-20H2,1-8H3/b18-17+/t24-,29-,30+,33+,34+/m1/s1. The first-order valence-electron chi connectivity index (χ1n) is 15.2. The predicted molar refractivity (Wildman–Crippen MR) is 177 cm³/mol. The van der Waals surface area contributed by atoms with Crippen LogP contribution in [0.5, 0.6) is 17.2 Å². The van der Waals surface area contributed by atoms with Gasteiger partial charge in [-0.05, 0) is 49.8 Å². The fraction of sp³-hybridized carbons (Fsp3) is 0.417. The Morgan fingerprint density at radius 2 is 1.47 bits per heavy atom. The van der Waals surface area contributed by atoms with Crippen molar-refractivity contribution in [3.8, 4) is 17.2 Å². The van der Waals surface area contributed by atoms with Crippen LogP contribution in [0.3, 0.4) is 0 Å². The molecule has 3 aromatic carbocycles. The van der Waals surface area contributed by atoms with Crippen LogP contribution in [0.25, 0.3) is 0 Å².